The summed E-state index contributed by atoms with van der Waals surface area (Å²) in [5.41, 5.74) is 1.68. The first-order valence-electron chi connectivity index (χ1n) is 8.80. The summed E-state index contributed by atoms with van der Waals surface area (Å²) in [5, 5.41) is 6.74. The molecule has 0 radical (unpaired) electrons. The van der Waals surface area contributed by atoms with Crippen molar-refractivity contribution in [1.29, 1.82) is 0 Å². The molecule has 0 aliphatic carbocycles. The topological polar surface area (TPSA) is 86.4 Å². The number of sulfonamides is 1. The molecule has 0 unspecified atom stereocenters. The Morgan fingerprint density at radius 1 is 1.15 bits per heavy atom. The first-order chi connectivity index (χ1) is 12.9. The largest absolute Gasteiger partial charge is 0.337 e. The van der Waals surface area contributed by atoms with Gasteiger partial charge in [0.1, 0.15) is 4.90 Å². The molecule has 2 aromatic rings. The maximum atomic E-state index is 13.0. The molecule has 1 saturated heterocycles. The lowest BCUT2D eigenvalue weighted by molar-refractivity contribution is 0.0761. The van der Waals surface area contributed by atoms with Crippen molar-refractivity contribution < 1.29 is 13.2 Å². The Morgan fingerprint density at radius 2 is 1.89 bits per heavy atom. The third-order valence-electron chi connectivity index (χ3n) is 4.74. The molecule has 1 amide bonds. The van der Waals surface area contributed by atoms with Crippen LogP contribution in [0.3, 0.4) is 0 Å². The number of hydrogen-bond donors (Lipinski definition) is 1. The van der Waals surface area contributed by atoms with Crippen LogP contribution < -0.4 is 0 Å². The number of amides is 1. The van der Waals surface area contributed by atoms with Crippen LogP contribution in [0.1, 0.15) is 28.2 Å². The molecule has 1 aliphatic rings. The fourth-order valence-corrected chi connectivity index (χ4v) is 5.77. The highest BCUT2D eigenvalue weighted by atomic mass is 32.2. The number of hydrogen-bond acceptors (Lipinski definition) is 5. The standard InChI is InChI=1S/C18H24N4O3S2/c1-13-17(14(2)20-19-13)27(24,25)22-10-6-9-21(11-12-22)18(23)15-7-4-5-8-16(15)26-3/h4-5,7-8H,6,9-12H2,1-3H3,(H,19,20). The zero-order valence-electron chi connectivity index (χ0n) is 15.7. The Hall–Kier alpha value is -1.84. The van der Waals surface area contributed by atoms with Crippen LogP contribution in [-0.2, 0) is 10.0 Å². The van der Waals surface area contributed by atoms with Gasteiger partial charge in [-0.15, -0.1) is 11.8 Å². The lowest BCUT2D eigenvalue weighted by atomic mass is 10.2. The second-order valence-electron chi connectivity index (χ2n) is 6.51. The second-order valence-corrected chi connectivity index (χ2v) is 9.24. The first-order valence-corrected chi connectivity index (χ1v) is 11.5. The normalized spacial score (nSPS) is 16.3. The SMILES string of the molecule is CSc1ccccc1C(=O)N1CCCN(S(=O)(=O)c2c(C)n[nH]c2C)CC1. The van der Waals surface area contributed by atoms with Crippen LogP contribution in [0.5, 0.6) is 0 Å². The van der Waals surface area contributed by atoms with Crippen molar-refractivity contribution in [2.45, 2.75) is 30.1 Å². The molecule has 0 saturated carbocycles. The van der Waals surface area contributed by atoms with E-state index in [-0.39, 0.29) is 17.3 Å². The fraction of sp³-hybridized carbons (Fsp3) is 0.444. The number of thioether (sulfide) groups is 1. The van der Waals surface area contributed by atoms with E-state index in [1.807, 2.05) is 30.5 Å². The summed E-state index contributed by atoms with van der Waals surface area (Å²) in [6, 6.07) is 7.52. The first kappa shape index (κ1) is 19.9. The number of benzene rings is 1. The van der Waals surface area contributed by atoms with Gasteiger partial charge in [0, 0.05) is 31.1 Å². The van der Waals surface area contributed by atoms with E-state index >= 15 is 0 Å². The minimum atomic E-state index is -3.63. The van der Waals surface area contributed by atoms with Gasteiger partial charge in [0.05, 0.1) is 17.0 Å². The van der Waals surface area contributed by atoms with Crippen molar-refractivity contribution in [2.24, 2.45) is 0 Å². The van der Waals surface area contributed by atoms with E-state index in [2.05, 4.69) is 10.2 Å². The predicted molar refractivity (Wildman–Crippen MR) is 106 cm³/mol. The predicted octanol–water partition coefficient (Wildman–Crippen LogP) is 2.29. The number of aromatic amines is 1. The Balaban J connectivity index is 1.79. The number of carbonyl (C=O) groups is 1. The summed E-state index contributed by atoms with van der Waals surface area (Å²) in [6.45, 7) is 4.97. The van der Waals surface area contributed by atoms with Crippen molar-refractivity contribution in [2.75, 3.05) is 32.4 Å². The molecule has 0 spiro atoms. The lowest BCUT2D eigenvalue weighted by Gasteiger charge is -2.22. The highest BCUT2D eigenvalue weighted by Crippen LogP contribution is 2.25. The number of nitrogens with one attached hydrogen (secondary N) is 1. The minimum absolute atomic E-state index is 0.0464. The molecule has 0 atom stereocenters. The van der Waals surface area contributed by atoms with Gasteiger partial charge in [-0.05, 0) is 38.7 Å². The van der Waals surface area contributed by atoms with Gasteiger partial charge in [-0.25, -0.2) is 8.42 Å². The zero-order chi connectivity index (χ0) is 19.6. The molecule has 3 rings (SSSR count). The Morgan fingerprint density at radius 3 is 2.56 bits per heavy atom. The van der Waals surface area contributed by atoms with Crippen LogP contribution >= 0.6 is 11.8 Å². The molecule has 1 N–H and O–H groups in total. The van der Waals surface area contributed by atoms with Crippen LogP contribution in [-0.4, -0.2) is 66.2 Å². The number of aromatic nitrogens is 2. The van der Waals surface area contributed by atoms with E-state index < -0.39 is 10.0 Å². The van der Waals surface area contributed by atoms with E-state index in [4.69, 9.17) is 0 Å². The summed E-state index contributed by atoms with van der Waals surface area (Å²) in [5.74, 6) is -0.0464. The molecular formula is C18H24N4O3S2. The Bertz CT molecular complexity index is 920. The van der Waals surface area contributed by atoms with Crippen molar-refractivity contribution in [3.05, 3.63) is 41.2 Å². The summed E-state index contributed by atoms with van der Waals surface area (Å²) < 4.78 is 27.6. The highest BCUT2D eigenvalue weighted by molar-refractivity contribution is 7.98. The van der Waals surface area contributed by atoms with Gasteiger partial charge in [-0.3, -0.25) is 9.89 Å². The van der Waals surface area contributed by atoms with E-state index in [0.717, 1.165) is 4.90 Å². The summed E-state index contributed by atoms with van der Waals surface area (Å²) in [4.78, 5) is 15.9. The van der Waals surface area contributed by atoms with Crippen LogP contribution in [0, 0.1) is 13.8 Å². The van der Waals surface area contributed by atoms with Gasteiger partial charge in [0.2, 0.25) is 10.0 Å². The van der Waals surface area contributed by atoms with E-state index in [1.165, 1.54) is 16.1 Å². The number of rotatable bonds is 4. The van der Waals surface area contributed by atoms with Gasteiger partial charge >= 0.3 is 0 Å². The van der Waals surface area contributed by atoms with E-state index in [0.29, 0.717) is 43.0 Å². The molecule has 1 fully saturated rings. The zero-order valence-corrected chi connectivity index (χ0v) is 17.4. The number of H-pyrrole nitrogens is 1. The summed E-state index contributed by atoms with van der Waals surface area (Å²) in [7, 11) is -3.63. The third-order valence-corrected chi connectivity index (χ3v) is 7.70. The molecule has 0 bridgehead atoms. The quantitative estimate of drug-likeness (QED) is 0.785. The van der Waals surface area contributed by atoms with Crippen molar-refractivity contribution >= 4 is 27.7 Å². The molecule has 1 aliphatic heterocycles. The molecule has 7 nitrogen and oxygen atoms in total. The molecule has 1 aromatic carbocycles. The van der Waals surface area contributed by atoms with Crippen molar-refractivity contribution in [1.82, 2.24) is 19.4 Å². The summed E-state index contributed by atoms with van der Waals surface area (Å²) in [6.07, 6.45) is 2.54. The molecule has 2 heterocycles. The fourth-order valence-electron chi connectivity index (χ4n) is 3.38. The van der Waals surface area contributed by atoms with Crippen LogP contribution in [0.4, 0.5) is 0 Å². The number of carbonyl (C=O) groups excluding carboxylic acids is 1. The highest BCUT2D eigenvalue weighted by Gasteiger charge is 2.32. The van der Waals surface area contributed by atoms with Gasteiger partial charge < -0.3 is 4.90 Å². The Labute approximate surface area is 164 Å². The molecule has 9 heteroatoms. The maximum absolute atomic E-state index is 13.0. The van der Waals surface area contributed by atoms with Gasteiger partial charge in [-0.1, -0.05) is 12.1 Å². The summed E-state index contributed by atoms with van der Waals surface area (Å²) >= 11 is 1.54. The van der Waals surface area contributed by atoms with Crippen molar-refractivity contribution in [3.8, 4) is 0 Å². The molecule has 1 aromatic heterocycles. The van der Waals surface area contributed by atoms with Crippen LogP contribution in [0.25, 0.3) is 0 Å². The van der Waals surface area contributed by atoms with Crippen LogP contribution in [0.2, 0.25) is 0 Å². The maximum Gasteiger partial charge on any atom is 0.255 e. The second kappa shape index (κ2) is 8.04. The average molecular weight is 409 g/mol. The number of aryl methyl sites for hydroxylation is 2. The third kappa shape index (κ3) is 3.90. The Kier molecular flexibility index (Phi) is 5.92. The van der Waals surface area contributed by atoms with Gasteiger partial charge in [-0.2, -0.15) is 9.40 Å². The average Bonchev–Trinajstić information content (AvgIpc) is 2.87. The van der Waals surface area contributed by atoms with Gasteiger partial charge in [0.15, 0.2) is 0 Å². The van der Waals surface area contributed by atoms with Crippen molar-refractivity contribution in [3.63, 3.8) is 0 Å². The smallest absolute Gasteiger partial charge is 0.255 e. The van der Waals surface area contributed by atoms with E-state index in [1.54, 1.807) is 18.7 Å². The molecule has 27 heavy (non-hydrogen) atoms. The molecule has 146 valence electrons. The van der Waals surface area contributed by atoms with Crippen LogP contribution in [0.15, 0.2) is 34.1 Å². The monoisotopic (exact) mass is 408 g/mol. The lowest BCUT2D eigenvalue weighted by Crippen LogP contribution is -2.37. The van der Waals surface area contributed by atoms with Gasteiger partial charge in [0.25, 0.3) is 5.91 Å². The number of nitrogens with zero attached hydrogens (tertiary/aromatic N) is 3. The van der Waals surface area contributed by atoms with E-state index in [9.17, 15) is 13.2 Å². The molecular weight excluding hydrogens is 384 g/mol. The minimum Gasteiger partial charge on any atom is -0.337 e.